The van der Waals surface area contributed by atoms with Gasteiger partial charge in [0.25, 0.3) is 0 Å². The molecule has 1 aromatic heterocycles. The van der Waals surface area contributed by atoms with Gasteiger partial charge in [0.05, 0.1) is 16.6 Å². The van der Waals surface area contributed by atoms with Crippen LogP contribution in [0, 0.1) is 0 Å². The molecule has 0 spiro atoms. The SMILES string of the molecule is O=C(O)c1ccc2nc(-c3ccc(Br)cc3Br)[nH]c2c1. The maximum absolute atomic E-state index is 11.0. The molecule has 20 heavy (non-hydrogen) atoms. The van der Waals surface area contributed by atoms with Gasteiger partial charge in [-0.1, -0.05) is 15.9 Å². The Morgan fingerprint density at radius 3 is 2.65 bits per heavy atom. The molecule has 4 nitrogen and oxygen atoms in total. The molecule has 0 aliphatic carbocycles. The molecule has 3 aromatic rings. The Kier molecular flexibility index (Phi) is 3.35. The number of nitrogens with zero attached hydrogens (tertiary/aromatic N) is 1. The number of carboxylic acid groups (broad SMARTS) is 1. The van der Waals surface area contributed by atoms with Crippen LogP contribution in [0.15, 0.2) is 45.3 Å². The molecule has 6 heteroatoms. The summed E-state index contributed by atoms with van der Waals surface area (Å²) in [6, 6.07) is 10.6. The van der Waals surface area contributed by atoms with E-state index in [9.17, 15) is 4.79 Å². The number of nitrogens with one attached hydrogen (secondary N) is 1. The fourth-order valence-corrected chi connectivity index (χ4v) is 3.19. The first-order chi connectivity index (χ1) is 9.54. The number of fused-ring (bicyclic) bond motifs is 1. The highest BCUT2D eigenvalue weighted by atomic mass is 79.9. The summed E-state index contributed by atoms with van der Waals surface area (Å²) < 4.78 is 1.88. The number of aromatic nitrogens is 2. The second-order valence-corrected chi connectivity index (χ2v) is 6.02. The van der Waals surface area contributed by atoms with E-state index in [4.69, 9.17) is 5.11 Å². The van der Waals surface area contributed by atoms with Crippen LogP contribution in [-0.4, -0.2) is 21.0 Å². The molecule has 0 unspecified atom stereocenters. The van der Waals surface area contributed by atoms with Crippen molar-refractivity contribution in [1.29, 1.82) is 0 Å². The molecular formula is C14H8Br2N2O2. The number of halogens is 2. The Morgan fingerprint density at radius 2 is 1.95 bits per heavy atom. The van der Waals surface area contributed by atoms with Gasteiger partial charge in [-0.25, -0.2) is 9.78 Å². The van der Waals surface area contributed by atoms with E-state index in [1.165, 1.54) is 0 Å². The summed E-state index contributed by atoms with van der Waals surface area (Å²) in [6.07, 6.45) is 0. The number of hydrogen-bond donors (Lipinski definition) is 2. The third-order valence-corrected chi connectivity index (χ3v) is 4.06. The van der Waals surface area contributed by atoms with Gasteiger partial charge in [-0.3, -0.25) is 0 Å². The summed E-state index contributed by atoms with van der Waals surface area (Å²) in [4.78, 5) is 18.6. The van der Waals surface area contributed by atoms with Crippen molar-refractivity contribution in [1.82, 2.24) is 9.97 Å². The normalized spacial score (nSPS) is 10.9. The Balaban J connectivity index is 2.15. The molecule has 0 atom stereocenters. The van der Waals surface area contributed by atoms with Crippen molar-refractivity contribution in [2.24, 2.45) is 0 Å². The summed E-state index contributed by atoms with van der Waals surface area (Å²) >= 11 is 6.90. The van der Waals surface area contributed by atoms with Crippen molar-refractivity contribution in [2.45, 2.75) is 0 Å². The quantitative estimate of drug-likeness (QED) is 0.673. The lowest BCUT2D eigenvalue weighted by Crippen LogP contribution is -1.94. The molecular weight excluding hydrogens is 388 g/mol. The zero-order valence-corrected chi connectivity index (χ0v) is 13.2. The van der Waals surface area contributed by atoms with Crippen LogP contribution in [0.2, 0.25) is 0 Å². The van der Waals surface area contributed by atoms with Crippen molar-refractivity contribution in [3.8, 4) is 11.4 Å². The number of benzene rings is 2. The predicted octanol–water partition coefficient (Wildman–Crippen LogP) is 4.45. The minimum atomic E-state index is -0.951. The molecule has 100 valence electrons. The molecule has 0 saturated carbocycles. The lowest BCUT2D eigenvalue weighted by Gasteiger charge is -2.00. The Labute approximate surface area is 131 Å². The highest BCUT2D eigenvalue weighted by Crippen LogP contribution is 2.30. The zero-order valence-electron chi connectivity index (χ0n) is 10.0. The largest absolute Gasteiger partial charge is 0.478 e. The first-order valence-corrected chi connectivity index (χ1v) is 7.31. The lowest BCUT2D eigenvalue weighted by molar-refractivity contribution is 0.0697. The number of carbonyl (C=O) groups is 1. The van der Waals surface area contributed by atoms with E-state index in [1.54, 1.807) is 18.2 Å². The molecule has 0 bridgehead atoms. The third kappa shape index (κ3) is 2.36. The van der Waals surface area contributed by atoms with Crippen molar-refractivity contribution < 1.29 is 9.90 Å². The highest BCUT2D eigenvalue weighted by Gasteiger charge is 2.11. The van der Waals surface area contributed by atoms with E-state index >= 15 is 0 Å². The van der Waals surface area contributed by atoms with Crippen molar-refractivity contribution in [3.63, 3.8) is 0 Å². The summed E-state index contributed by atoms with van der Waals surface area (Å²) in [5.41, 5.74) is 2.60. The molecule has 1 heterocycles. The van der Waals surface area contributed by atoms with E-state index in [2.05, 4.69) is 41.8 Å². The number of H-pyrrole nitrogens is 1. The van der Waals surface area contributed by atoms with Gasteiger partial charge < -0.3 is 10.1 Å². The zero-order chi connectivity index (χ0) is 14.3. The van der Waals surface area contributed by atoms with E-state index in [0.717, 1.165) is 20.0 Å². The molecule has 0 aliphatic heterocycles. The number of aromatic amines is 1. The minimum absolute atomic E-state index is 0.238. The maximum atomic E-state index is 11.0. The molecule has 0 radical (unpaired) electrons. The van der Waals surface area contributed by atoms with Gasteiger partial charge in [0, 0.05) is 14.5 Å². The van der Waals surface area contributed by atoms with Crippen LogP contribution < -0.4 is 0 Å². The number of imidazole rings is 1. The number of aromatic carboxylic acids is 1. The minimum Gasteiger partial charge on any atom is -0.478 e. The number of carboxylic acids is 1. The highest BCUT2D eigenvalue weighted by molar-refractivity contribution is 9.11. The summed E-state index contributed by atoms with van der Waals surface area (Å²) in [6.45, 7) is 0. The van der Waals surface area contributed by atoms with Gasteiger partial charge in [-0.15, -0.1) is 0 Å². The van der Waals surface area contributed by atoms with E-state index < -0.39 is 5.97 Å². The topological polar surface area (TPSA) is 66.0 Å². The molecule has 0 aliphatic rings. The van der Waals surface area contributed by atoms with Crippen LogP contribution in [0.4, 0.5) is 0 Å². The maximum Gasteiger partial charge on any atom is 0.335 e. The van der Waals surface area contributed by atoms with Crippen LogP contribution in [0.1, 0.15) is 10.4 Å². The van der Waals surface area contributed by atoms with Gasteiger partial charge in [0.2, 0.25) is 0 Å². The summed E-state index contributed by atoms with van der Waals surface area (Å²) in [7, 11) is 0. The summed E-state index contributed by atoms with van der Waals surface area (Å²) in [5, 5.41) is 9.00. The van der Waals surface area contributed by atoms with Crippen molar-refractivity contribution in [2.75, 3.05) is 0 Å². The molecule has 3 rings (SSSR count). The number of rotatable bonds is 2. The Hall–Kier alpha value is -1.66. The van der Waals surface area contributed by atoms with Crippen LogP contribution in [0.5, 0.6) is 0 Å². The Morgan fingerprint density at radius 1 is 1.15 bits per heavy atom. The molecule has 2 N–H and O–H groups in total. The fraction of sp³-hybridized carbons (Fsp3) is 0. The van der Waals surface area contributed by atoms with Gasteiger partial charge in [0.1, 0.15) is 5.82 Å². The first-order valence-electron chi connectivity index (χ1n) is 5.73. The molecule has 0 amide bonds. The second kappa shape index (κ2) is 5.03. The summed E-state index contributed by atoms with van der Waals surface area (Å²) in [5.74, 6) is -0.255. The number of hydrogen-bond acceptors (Lipinski definition) is 2. The third-order valence-electron chi connectivity index (χ3n) is 2.92. The van der Waals surface area contributed by atoms with Crippen LogP contribution in [0.3, 0.4) is 0 Å². The second-order valence-electron chi connectivity index (χ2n) is 4.25. The standard InChI is InChI=1S/C14H8Br2N2O2/c15-8-2-3-9(10(16)6-8)13-17-11-4-1-7(14(19)20)5-12(11)18-13/h1-6H,(H,17,18)(H,19,20). The molecule has 2 aromatic carbocycles. The van der Waals surface area contributed by atoms with Crippen molar-refractivity contribution in [3.05, 3.63) is 50.9 Å². The monoisotopic (exact) mass is 394 g/mol. The first kappa shape index (κ1) is 13.3. The van der Waals surface area contributed by atoms with Crippen LogP contribution in [-0.2, 0) is 0 Å². The smallest absolute Gasteiger partial charge is 0.335 e. The van der Waals surface area contributed by atoms with Crippen LogP contribution in [0.25, 0.3) is 22.4 Å². The van der Waals surface area contributed by atoms with Gasteiger partial charge in [-0.2, -0.15) is 0 Å². The van der Waals surface area contributed by atoms with Gasteiger partial charge >= 0.3 is 5.97 Å². The van der Waals surface area contributed by atoms with Crippen molar-refractivity contribution >= 4 is 48.9 Å². The average molecular weight is 396 g/mol. The fourth-order valence-electron chi connectivity index (χ4n) is 1.95. The Bertz CT molecular complexity index is 827. The van der Waals surface area contributed by atoms with Gasteiger partial charge in [0.15, 0.2) is 0 Å². The van der Waals surface area contributed by atoms with Crippen LogP contribution >= 0.6 is 31.9 Å². The van der Waals surface area contributed by atoms with E-state index in [-0.39, 0.29) is 5.56 Å². The van der Waals surface area contributed by atoms with Gasteiger partial charge in [-0.05, 0) is 52.3 Å². The predicted molar refractivity (Wildman–Crippen MR) is 83.9 cm³/mol. The average Bonchev–Trinajstić information content (AvgIpc) is 2.80. The van der Waals surface area contributed by atoms with E-state index in [1.807, 2.05) is 18.2 Å². The molecule has 0 saturated heterocycles. The van der Waals surface area contributed by atoms with E-state index in [0.29, 0.717) is 11.3 Å². The lowest BCUT2D eigenvalue weighted by atomic mass is 10.2. The molecule has 0 fully saturated rings.